The smallest absolute Gasteiger partial charge is 0.216 e. The van der Waals surface area contributed by atoms with Crippen LogP contribution in [0.2, 0.25) is 0 Å². The van der Waals surface area contributed by atoms with Gasteiger partial charge in [-0.15, -0.1) is 11.3 Å². The topological polar surface area (TPSA) is 50.4 Å². The summed E-state index contributed by atoms with van der Waals surface area (Å²) < 4.78 is 2.21. The molecule has 3 aromatic rings. The second-order valence-electron chi connectivity index (χ2n) is 3.80. The number of benzene rings is 1. The molecule has 0 saturated carbocycles. The highest BCUT2D eigenvalue weighted by atomic mass is 32.1. The molecule has 0 spiro atoms. The fourth-order valence-electron chi connectivity index (χ4n) is 1.66. The van der Waals surface area contributed by atoms with Crippen molar-refractivity contribution in [2.24, 2.45) is 4.99 Å². The van der Waals surface area contributed by atoms with Crippen LogP contribution >= 0.6 is 34.9 Å². The summed E-state index contributed by atoms with van der Waals surface area (Å²) >= 11 is 8.05. The van der Waals surface area contributed by atoms with Crippen LogP contribution in [0.5, 0.6) is 5.88 Å². The molecule has 2 aromatic heterocycles. The summed E-state index contributed by atoms with van der Waals surface area (Å²) in [6.07, 6.45) is 3.28. The van der Waals surface area contributed by atoms with Crippen molar-refractivity contribution in [3.05, 3.63) is 50.7 Å². The van der Waals surface area contributed by atoms with Crippen molar-refractivity contribution in [3.8, 4) is 11.6 Å². The van der Waals surface area contributed by atoms with Crippen LogP contribution in [0.15, 0.2) is 46.9 Å². The Morgan fingerprint density at radius 2 is 2.10 bits per heavy atom. The predicted octanol–water partition coefficient (Wildman–Crippen LogP) is 4.18. The first-order valence-corrected chi connectivity index (χ1v) is 7.80. The van der Waals surface area contributed by atoms with Crippen molar-refractivity contribution >= 4 is 46.2 Å². The number of rotatable bonds is 3. The Bertz CT molecular complexity index is 788. The van der Waals surface area contributed by atoms with Crippen LogP contribution < -0.4 is 0 Å². The van der Waals surface area contributed by atoms with E-state index in [1.165, 1.54) is 22.7 Å². The third-order valence-electron chi connectivity index (χ3n) is 2.54. The van der Waals surface area contributed by atoms with E-state index in [1.807, 2.05) is 35.7 Å². The van der Waals surface area contributed by atoms with Crippen molar-refractivity contribution in [1.82, 2.24) is 9.55 Å². The summed E-state index contributed by atoms with van der Waals surface area (Å²) in [6.45, 7) is 0. The van der Waals surface area contributed by atoms with Gasteiger partial charge < -0.3 is 5.11 Å². The van der Waals surface area contributed by atoms with Crippen LogP contribution in [0.1, 0.15) is 4.88 Å². The van der Waals surface area contributed by atoms with E-state index in [-0.39, 0.29) is 5.88 Å². The zero-order chi connectivity index (χ0) is 13.9. The van der Waals surface area contributed by atoms with Crippen LogP contribution in [0.4, 0.5) is 5.13 Å². The zero-order valence-electron chi connectivity index (χ0n) is 10.1. The molecule has 0 atom stereocenters. The van der Waals surface area contributed by atoms with E-state index < -0.39 is 0 Å². The lowest BCUT2D eigenvalue weighted by atomic mass is 10.3. The van der Waals surface area contributed by atoms with E-state index in [2.05, 4.69) is 9.98 Å². The van der Waals surface area contributed by atoms with Gasteiger partial charge in [0.1, 0.15) is 4.88 Å². The predicted molar refractivity (Wildman–Crippen MR) is 85.5 cm³/mol. The highest BCUT2D eigenvalue weighted by Gasteiger charge is 2.11. The largest absolute Gasteiger partial charge is 0.493 e. The molecular weight excluding hydrogens is 310 g/mol. The summed E-state index contributed by atoms with van der Waals surface area (Å²) in [5.41, 5.74) is 0.833. The minimum absolute atomic E-state index is 0.103. The molecule has 20 heavy (non-hydrogen) atoms. The van der Waals surface area contributed by atoms with Crippen molar-refractivity contribution in [2.45, 2.75) is 0 Å². The molecule has 0 aliphatic rings. The number of hydrogen-bond acceptors (Lipinski definition) is 6. The number of aliphatic imine (C=N–C) groups is 1. The highest BCUT2D eigenvalue weighted by molar-refractivity contribution is 7.73. The van der Waals surface area contributed by atoms with Crippen LogP contribution in [0.3, 0.4) is 0 Å². The van der Waals surface area contributed by atoms with E-state index in [9.17, 15) is 5.11 Å². The van der Waals surface area contributed by atoms with E-state index in [0.29, 0.717) is 14.0 Å². The monoisotopic (exact) mass is 319 g/mol. The highest BCUT2D eigenvalue weighted by Crippen LogP contribution is 2.28. The van der Waals surface area contributed by atoms with Gasteiger partial charge in [-0.3, -0.25) is 4.57 Å². The van der Waals surface area contributed by atoms with Crippen LogP contribution in [-0.4, -0.2) is 20.9 Å². The lowest BCUT2D eigenvalue weighted by Crippen LogP contribution is -1.92. The Hall–Kier alpha value is -1.83. The molecule has 0 fully saturated rings. The lowest BCUT2D eigenvalue weighted by Gasteiger charge is -2.03. The van der Waals surface area contributed by atoms with Crippen molar-refractivity contribution in [2.75, 3.05) is 0 Å². The normalized spacial score (nSPS) is 11.2. The van der Waals surface area contributed by atoms with Crippen LogP contribution in [0, 0.1) is 3.95 Å². The van der Waals surface area contributed by atoms with Gasteiger partial charge in [0.05, 0.1) is 11.9 Å². The summed E-state index contributed by atoms with van der Waals surface area (Å²) in [7, 11) is 0. The van der Waals surface area contributed by atoms with Crippen molar-refractivity contribution in [3.63, 3.8) is 0 Å². The fourth-order valence-corrected chi connectivity index (χ4v) is 3.36. The fraction of sp³-hybridized carbons (Fsp3) is 0. The minimum atomic E-state index is 0.103. The quantitative estimate of drug-likeness (QED) is 0.582. The van der Waals surface area contributed by atoms with Crippen molar-refractivity contribution in [1.29, 1.82) is 0 Å². The molecule has 2 heterocycles. The molecule has 1 aromatic carbocycles. The Labute approximate surface area is 128 Å². The average Bonchev–Trinajstić information content (AvgIpc) is 3.06. The Kier molecular flexibility index (Phi) is 3.72. The standard InChI is InChI=1S/C13H9N3OS3/c17-11-10(8-15-12-14-6-7-19-12)20-13(18)16(11)9-4-2-1-3-5-9/h1-8,17H/b15-8+. The Balaban J connectivity index is 2.01. The molecular formula is C13H9N3OS3. The van der Waals surface area contributed by atoms with Gasteiger partial charge in [-0.05, 0) is 24.4 Å². The maximum Gasteiger partial charge on any atom is 0.216 e. The number of nitrogens with zero attached hydrogens (tertiary/aromatic N) is 3. The third kappa shape index (κ3) is 2.55. The summed E-state index contributed by atoms with van der Waals surface area (Å²) in [4.78, 5) is 8.90. The molecule has 0 bridgehead atoms. The summed E-state index contributed by atoms with van der Waals surface area (Å²) in [5.74, 6) is 0.103. The summed E-state index contributed by atoms with van der Waals surface area (Å²) in [5, 5.41) is 12.8. The molecule has 7 heteroatoms. The van der Waals surface area contributed by atoms with Gasteiger partial charge in [0, 0.05) is 11.6 Å². The number of aromatic hydroxyl groups is 1. The number of aromatic nitrogens is 2. The molecule has 0 unspecified atom stereocenters. The van der Waals surface area contributed by atoms with E-state index in [1.54, 1.807) is 17.0 Å². The summed E-state index contributed by atoms with van der Waals surface area (Å²) in [6, 6.07) is 9.50. The van der Waals surface area contributed by atoms with Gasteiger partial charge in [-0.2, -0.15) is 0 Å². The van der Waals surface area contributed by atoms with E-state index in [4.69, 9.17) is 12.2 Å². The zero-order valence-corrected chi connectivity index (χ0v) is 12.6. The van der Waals surface area contributed by atoms with Gasteiger partial charge in [-0.1, -0.05) is 29.5 Å². The first-order valence-electron chi connectivity index (χ1n) is 5.69. The molecule has 1 N–H and O–H groups in total. The third-order valence-corrected chi connectivity index (χ3v) is 4.52. The number of para-hydroxylation sites is 1. The molecule has 0 aliphatic carbocycles. The average molecular weight is 319 g/mol. The van der Waals surface area contributed by atoms with Gasteiger partial charge in [0.25, 0.3) is 0 Å². The maximum atomic E-state index is 10.3. The van der Waals surface area contributed by atoms with Gasteiger partial charge in [0.2, 0.25) is 11.0 Å². The number of thiazole rings is 2. The van der Waals surface area contributed by atoms with Gasteiger partial charge in [0.15, 0.2) is 3.95 Å². The molecule has 100 valence electrons. The van der Waals surface area contributed by atoms with Gasteiger partial charge >= 0.3 is 0 Å². The molecule has 0 aliphatic heterocycles. The van der Waals surface area contributed by atoms with Crippen molar-refractivity contribution < 1.29 is 5.11 Å². The first-order chi connectivity index (χ1) is 9.75. The van der Waals surface area contributed by atoms with Gasteiger partial charge in [-0.25, -0.2) is 9.98 Å². The van der Waals surface area contributed by atoms with E-state index in [0.717, 1.165) is 5.69 Å². The first kappa shape index (κ1) is 13.2. The van der Waals surface area contributed by atoms with E-state index >= 15 is 0 Å². The van der Waals surface area contributed by atoms with Crippen LogP contribution in [-0.2, 0) is 0 Å². The molecule has 0 amide bonds. The molecule has 0 saturated heterocycles. The SMILES string of the molecule is Oc1c(/C=N/c2nccs2)sc(=S)n1-c1ccccc1. The Morgan fingerprint density at radius 3 is 2.80 bits per heavy atom. The number of hydrogen-bond donors (Lipinski definition) is 1. The molecule has 4 nitrogen and oxygen atoms in total. The second kappa shape index (κ2) is 5.66. The Morgan fingerprint density at radius 1 is 1.30 bits per heavy atom. The molecule has 0 radical (unpaired) electrons. The second-order valence-corrected chi connectivity index (χ2v) is 6.35. The lowest BCUT2D eigenvalue weighted by molar-refractivity contribution is 0.441. The minimum Gasteiger partial charge on any atom is -0.493 e. The van der Waals surface area contributed by atoms with Crippen LogP contribution in [0.25, 0.3) is 5.69 Å². The maximum absolute atomic E-state index is 10.3. The molecule has 3 rings (SSSR count).